The molecule has 1 nitrogen and oxygen atoms in total. The Labute approximate surface area is 111 Å². The number of hydrogen-bond donors (Lipinski definition) is 1. The van der Waals surface area contributed by atoms with Crippen LogP contribution >= 0.6 is 0 Å². The maximum absolute atomic E-state index is 3.38. The van der Waals surface area contributed by atoms with E-state index in [1.165, 1.54) is 37.7 Å². The minimum Gasteiger partial charge on any atom is -0.319 e. The van der Waals surface area contributed by atoms with Crippen LogP contribution < -0.4 is 5.32 Å². The van der Waals surface area contributed by atoms with Crippen LogP contribution in [-0.4, -0.2) is 13.6 Å². The van der Waals surface area contributed by atoms with Crippen LogP contribution in [0, 0.1) is 17.8 Å². The van der Waals surface area contributed by atoms with Crippen molar-refractivity contribution in [2.45, 2.75) is 38.0 Å². The van der Waals surface area contributed by atoms with Gasteiger partial charge in [-0.05, 0) is 62.0 Å². The summed E-state index contributed by atoms with van der Waals surface area (Å²) in [7, 11) is 2.08. The molecule has 0 saturated heterocycles. The van der Waals surface area contributed by atoms with Crippen molar-refractivity contribution in [2.75, 3.05) is 13.6 Å². The Hall–Kier alpha value is -0.820. The Kier molecular flexibility index (Phi) is 3.69. The van der Waals surface area contributed by atoms with Crippen LogP contribution in [0.3, 0.4) is 0 Å². The Bertz CT molecular complexity index is 372. The van der Waals surface area contributed by atoms with Crippen molar-refractivity contribution >= 4 is 0 Å². The third-order valence-corrected chi connectivity index (χ3v) is 5.19. The molecule has 0 heterocycles. The predicted molar refractivity (Wildman–Crippen MR) is 76.7 cm³/mol. The smallest absolute Gasteiger partial charge is 0.00172 e. The molecule has 0 radical (unpaired) electrons. The van der Waals surface area contributed by atoms with E-state index in [1.807, 2.05) is 0 Å². The average Bonchev–Trinajstić information content (AvgIpc) is 3.01. The van der Waals surface area contributed by atoms with Gasteiger partial charge < -0.3 is 5.32 Å². The summed E-state index contributed by atoms with van der Waals surface area (Å²) in [6.45, 7) is 1.12. The summed E-state index contributed by atoms with van der Waals surface area (Å²) < 4.78 is 0. The van der Waals surface area contributed by atoms with Crippen molar-refractivity contribution in [1.29, 1.82) is 0 Å². The van der Waals surface area contributed by atoms with E-state index in [0.717, 1.165) is 24.3 Å². The van der Waals surface area contributed by atoms with E-state index in [-0.39, 0.29) is 0 Å². The van der Waals surface area contributed by atoms with Crippen LogP contribution in [0.5, 0.6) is 0 Å². The number of rotatable bonds is 5. The number of nitrogens with one attached hydrogen (secondary N) is 1. The molecule has 1 aromatic rings. The molecule has 1 aromatic carbocycles. The fourth-order valence-electron chi connectivity index (χ4n) is 4.34. The molecule has 2 bridgehead atoms. The normalized spacial score (nSPS) is 31.7. The molecule has 2 aliphatic carbocycles. The first-order valence-electron chi connectivity index (χ1n) is 7.56. The zero-order chi connectivity index (χ0) is 12.4. The van der Waals surface area contributed by atoms with Gasteiger partial charge in [0, 0.05) is 6.54 Å². The summed E-state index contributed by atoms with van der Waals surface area (Å²) in [6, 6.07) is 11.1. The zero-order valence-electron chi connectivity index (χ0n) is 11.4. The van der Waals surface area contributed by atoms with E-state index in [2.05, 4.69) is 42.7 Å². The van der Waals surface area contributed by atoms with Crippen LogP contribution in [-0.2, 0) is 0 Å². The molecule has 4 unspecified atom stereocenters. The van der Waals surface area contributed by atoms with E-state index in [4.69, 9.17) is 0 Å². The first-order valence-corrected chi connectivity index (χ1v) is 7.56. The zero-order valence-corrected chi connectivity index (χ0v) is 11.4. The SMILES string of the molecule is CNCC(CC1CC2CCC1C2)c1ccccc1. The Balaban J connectivity index is 1.67. The lowest BCUT2D eigenvalue weighted by molar-refractivity contribution is 0.292. The van der Waals surface area contributed by atoms with Gasteiger partial charge in [-0.2, -0.15) is 0 Å². The molecular formula is C17H25N. The molecule has 2 fully saturated rings. The van der Waals surface area contributed by atoms with Gasteiger partial charge in [0.25, 0.3) is 0 Å². The topological polar surface area (TPSA) is 12.0 Å². The highest BCUT2D eigenvalue weighted by Crippen LogP contribution is 2.51. The largest absolute Gasteiger partial charge is 0.319 e. The monoisotopic (exact) mass is 243 g/mol. The fraction of sp³-hybridized carbons (Fsp3) is 0.647. The summed E-state index contributed by atoms with van der Waals surface area (Å²) >= 11 is 0. The van der Waals surface area contributed by atoms with E-state index >= 15 is 0 Å². The van der Waals surface area contributed by atoms with Crippen molar-refractivity contribution in [3.63, 3.8) is 0 Å². The summed E-state index contributed by atoms with van der Waals surface area (Å²) in [4.78, 5) is 0. The number of fused-ring (bicyclic) bond motifs is 2. The molecule has 0 aromatic heterocycles. The standard InChI is InChI=1S/C17H25N/c1-18-12-17(14-5-3-2-4-6-14)11-16-10-13-7-8-15(16)9-13/h2-6,13,15-18H,7-12H2,1H3. The lowest BCUT2D eigenvalue weighted by Crippen LogP contribution is -2.22. The van der Waals surface area contributed by atoms with Gasteiger partial charge in [0.05, 0.1) is 0 Å². The van der Waals surface area contributed by atoms with Gasteiger partial charge in [-0.1, -0.05) is 36.8 Å². The molecule has 2 saturated carbocycles. The second-order valence-electron chi connectivity index (χ2n) is 6.34. The average molecular weight is 243 g/mol. The first-order chi connectivity index (χ1) is 8.86. The van der Waals surface area contributed by atoms with Gasteiger partial charge in [0.15, 0.2) is 0 Å². The van der Waals surface area contributed by atoms with Gasteiger partial charge in [-0.25, -0.2) is 0 Å². The quantitative estimate of drug-likeness (QED) is 0.829. The van der Waals surface area contributed by atoms with Crippen LogP contribution in [0.25, 0.3) is 0 Å². The minimum absolute atomic E-state index is 0.709. The first kappa shape index (κ1) is 12.2. The van der Waals surface area contributed by atoms with E-state index in [0.29, 0.717) is 5.92 Å². The molecule has 1 N–H and O–H groups in total. The highest BCUT2D eigenvalue weighted by atomic mass is 14.8. The third kappa shape index (κ3) is 2.47. The molecule has 18 heavy (non-hydrogen) atoms. The van der Waals surface area contributed by atoms with Crippen LogP contribution in [0.15, 0.2) is 30.3 Å². The summed E-state index contributed by atoms with van der Waals surface area (Å²) in [5, 5.41) is 3.38. The van der Waals surface area contributed by atoms with E-state index < -0.39 is 0 Å². The van der Waals surface area contributed by atoms with Crippen molar-refractivity contribution in [3.05, 3.63) is 35.9 Å². The molecular weight excluding hydrogens is 218 g/mol. The van der Waals surface area contributed by atoms with Crippen molar-refractivity contribution in [1.82, 2.24) is 5.32 Å². The van der Waals surface area contributed by atoms with Crippen LogP contribution in [0.4, 0.5) is 0 Å². The van der Waals surface area contributed by atoms with Gasteiger partial charge in [0.2, 0.25) is 0 Å². The Morgan fingerprint density at radius 1 is 1.17 bits per heavy atom. The molecule has 0 aliphatic heterocycles. The highest BCUT2D eigenvalue weighted by Gasteiger charge is 2.40. The van der Waals surface area contributed by atoms with Crippen molar-refractivity contribution < 1.29 is 0 Å². The van der Waals surface area contributed by atoms with Gasteiger partial charge in [-0.15, -0.1) is 0 Å². The molecule has 4 atom stereocenters. The molecule has 0 amide bonds. The van der Waals surface area contributed by atoms with Crippen molar-refractivity contribution in [2.24, 2.45) is 17.8 Å². The van der Waals surface area contributed by atoms with Crippen LogP contribution in [0.2, 0.25) is 0 Å². The second-order valence-corrected chi connectivity index (χ2v) is 6.34. The third-order valence-electron chi connectivity index (χ3n) is 5.19. The van der Waals surface area contributed by atoms with Crippen molar-refractivity contribution in [3.8, 4) is 0 Å². The maximum atomic E-state index is 3.38. The van der Waals surface area contributed by atoms with Gasteiger partial charge >= 0.3 is 0 Å². The molecule has 0 spiro atoms. The predicted octanol–water partition coefficient (Wildman–Crippen LogP) is 3.82. The molecule has 1 heteroatoms. The Morgan fingerprint density at radius 3 is 2.61 bits per heavy atom. The minimum atomic E-state index is 0.709. The lowest BCUT2D eigenvalue weighted by Gasteiger charge is -2.27. The summed E-state index contributed by atoms with van der Waals surface area (Å²) in [5.41, 5.74) is 1.52. The Morgan fingerprint density at radius 2 is 2.00 bits per heavy atom. The summed E-state index contributed by atoms with van der Waals surface area (Å²) in [6.07, 6.45) is 7.47. The number of likely N-dealkylation sites (N-methyl/N-ethyl adjacent to an activating group) is 1. The summed E-state index contributed by atoms with van der Waals surface area (Å²) in [5.74, 6) is 3.84. The van der Waals surface area contributed by atoms with E-state index in [9.17, 15) is 0 Å². The van der Waals surface area contributed by atoms with Gasteiger partial charge in [-0.3, -0.25) is 0 Å². The lowest BCUT2D eigenvalue weighted by atomic mass is 9.80. The highest BCUT2D eigenvalue weighted by molar-refractivity contribution is 5.20. The number of benzene rings is 1. The fourth-order valence-corrected chi connectivity index (χ4v) is 4.34. The number of hydrogen-bond acceptors (Lipinski definition) is 1. The van der Waals surface area contributed by atoms with E-state index in [1.54, 1.807) is 0 Å². The molecule has 2 aliphatic rings. The molecule has 3 rings (SSSR count). The maximum Gasteiger partial charge on any atom is 0.00172 e. The second kappa shape index (κ2) is 5.44. The van der Waals surface area contributed by atoms with Gasteiger partial charge in [0.1, 0.15) is 0 Å². The van der Waals surface area contributed by atoms with Crippen LogP contribution in [0.1, 0.15) is 43.6 Å². The molecule has 98 valence electrons.